The summed E-state index contributed by atoms with van der Waals surface area (Å²) >= 11 is 0. The summed E-state index contributed by atoms with van der Waals surface area (Å²) in [6.07, 6.45) is 0. The van der Waals surface area contributed by atoms with E-state index in [9.17, 15) is 24.6 Å². The predicted octanol–water partition coefficient (Wildman–Crippen LogP) is 3.33. The highest BCUT2D eigenvalue weighted by Crippen LogP contribution is 2.10. The summed E-state index contributed by atoms with van der Waals surface area (Å²) in [5.41, 5.74) is 0.0406. The van der Waals surface area contributed by atoms with Gasteiger partial charge in [-0.05, 0) is 12.1 Å². The number of nitro benzene ring substituents is 2. The lowest BCUT2D eigenvalue weighted by atomic mass is 10.3. The number of halogens is 1. The Hall–Kier alpha value is -2.83. The zero-order chi connectivity index (χ0) is 14.3. The number of hydrogen-bond acceptors (Lipinski definition) is 4. The van der Waals surface area contributed by atoms with Crippen LogP contribution >= 0.6 is 0 Å². The van der Waals surface area contributed by atoms with E-state index in [0.29, 0.717) is 0 Å². The Morgan fingerprint density at radius 2 is 1.16 bits per heavy atom. The average Bonchev–Trinajstić information content (AvgIpc) is 2.41. The highest BCUT2D eigenvalue weighted by molar-refractivity contribution is 5.29. The number of non-ortho nitro benzene ring substituents is 2. The standard InChI is InChI=1S/C6H4FNO2.C6H5NO2/c7-5-1-3-6(4-2-5)8(9)10;8-7(9)6-4-2-1-3-5-6/h1-4H;1-5H. The van der Waals surface area contributed by atoms with Crippen molar-refractivity contribution in [1.82, 2.24) is 0 Å². The van der Waals surface area contributed by atoms with Crippen LogP contribution in [-0.2, 0) is 0 Å². The highest BCUT2D eigenvalue weighted by Gasteiger charge is 2.02. The van der Waals surface area contributed by atoms with Gasteiger partial charge in [0.15, 0.2) is 0 Å². The third-order valence-electron chi connectivity index (χ3n) is 2.00. The first-order valence-corrected chi connectivity index (χ1v) is 5.10. The Bertz CT molecular complexity index is 558. The van der Waals surface area contributed by atoms with Crippen LogP contribution in [0.5, 0.6) is 0 Å². The summed E-state index contributed by atoms with van der Waals surface area (Å²) in [5.74, 6) is -0.467. The molecule has 19 heavy (non-hydrogen) atoms. The first-order chi connectivity index (χ1) is 9.00. The fourth-order valence-corrected chi connectivity index (χ4v) is 1.11. The van der Waals surface area contributed by atoms with Crippen LogP contribution in [0.2, 0.25) is 0 Å². The van der Waals surface area contributed by atoms with Crippen molar-refractivity contribution in [2.45, 2.75) is 0 Å². The Kier molecular flexibility index (Phi) is 5.09. The van der Waals surface area contributed by atoms with Crippen LogP contribution in [0.25, 0.3) is 0 Å². The van der Waals surface area contributed by atoms with Crippen molar-refractivity contribution in [1.29, 1.82) is 0 Å². The number of para-hydroxylation sites is 1. The van der Waals surface area contributed by atoms with Gasteiger partial charge in [-0.15, -0.1) is 0 Å². The van der Waals surface area contributed by atoms with Crippen LogP contribution in [-0.4, -0.2) is 9.85 Å². The lowest BCUT2D eigenvalue weighted by molar-refractivity contribution is -0.385. The molecule has 0 heterocycles. The molecule has 6 nitrogen and oxygen atoms in total. The van der Waals surface area contributed by atoms with Crippen LogP contribution in [0.4, 0.5) is 15.8 Å². The van der Waals surface area contributed by atoms with Gasteiger partial charge in [0.25, 0.3) is 11.4 Å². The van der Waals surface area contributed by atoms with E-state index in [-0.39, 0.29) is 11.4 Å². The molecule has 0 bridgehead atoms. The maximum Gasteiger partial charge on any atom is 0.269 e. The number of nitro groups is 2. The molecule has 0 spiro atoms. The van der Waals surface area contributed by atoms with Crippen LogP contribution in [0, 0.1) is 26.0 Å². The van der Waals surface area contributed by atoms with E-state index < -0.39 is 15.7 Å². The van der Waals surface area contributed by atoms with Crippen molar-refractivity contribution in [2.24, 2.45) is 0 Å². The topological polar surface area (TPSA) is 86.3 Å². The van der Waals surface area contributed by atoms with E-state index in [2.05, 4.69) is 0 Å². The molecule has 0 aliphatic rings. The van der Waals surface area contributed by atoms with E-state index in [1.54, 1.807) is 18.2 Å². The molecule has 98 valence electrons. The number of rotatable bonds is 2. The normalized spacial score (nSPS) is 9.11. The minimum Gasteiger partial charge on any atom is -0.258 e. The van der Waals surface area contributed by atoms with Crippen molar-refractivity contribution < 1.29 is 14.2 Å². The van der Waals surface area contributed by atoms with Crippen LogP contribution in [0.3, 0.4) is 0 Å². The Labute approximate surface area is 107 Å². The summed E-state index contributed by atoms with van der Waals surface area (Å²) in [4.78, 5) is 19.0. The summed E-state index contributed by atoms with van der Waals surface area (Å²) < 4.78 is 12.1. The minimum atomic E-state index is -0.570. The van der Waals surface area contributed by atoms with Gasteiger partial charge in [-0.2, -0.15) is 0 Å². The highest BCUT2D eigenvalue weighted by atomic mass is 19.1. The fourth-order valence-electron chi connectivity index (χ4n) is 1.11. The molecule has 7 heteroatoms. The number of nitrogens with zero attached hydrogens (tertiary/aromatic N) is 2. The smallest absolute Gasteiger partial charge is 0.258 e. The van der Waals surface area contributed by atoms with Crippen LogP contribution in [0.1, 0.15) is 0 Å². The van der Waals surface area contributed by atoms with Crippen LogP contribution in [0.15, 0.2) is 54.6 Å². The first kappa shape index (κ1) is 14.2. The molecule has 2 aromatic rings. The molecule has 0 aliphatic heterocycles. The van der Waals surface area contributed by atoms with Gasteiger partial charge in [-0.1, -0.05) is 18.2 Å². The lowest BCUT2D eigenvalue weighted by Crippen LogP contribution is -1.86. The Morgan fingerprint density at radius 3 is 1.53 bits per heavy atom. The van der Waals surface area contributed by atoms with E-state index in [0.717, 1.165) is 24.3 Å². The molecule has 0 aromatic heterocycles. The third-order valence-corrected chi connectivity index (χ3v) is 2.00. The molecule has 0 N–H and O–H groups in total. The zero-order valence-corrected chi connectivity index (χ0v) is 9.60. The lowest BCUT2D eigenvalue weighted by Gasteiger charge is -1.87. The quantitative estimate of drug-likeness (QED) is 0.614. The summed E-state index contributed by atoms with van der Waals surface area (Å²) in [6.45, 7) is 0. The summed E-state index contributed by atoms with van der Waals surface area (Å²) in [6, 6.07) is 12.3. The van der Waals surface area contributed by atoms with Crippen molar-refractivity contribution in [3.63, 3.8) is 0 Å². The SMILES string of the molecule is O=[N+]([O-])c1ccc(F)cc1.O=[N+]([O-])c1ccccc1. The molecule has 0 saturated heterocycles. The van der Waals surface area contributed by atoms with E-state index in [1.165, 1.54) is 12.1 Å². The van der Waals surface area contributed by atoms with E-state index in [1.807, 2.05) is 0 Å². The molecule has 0 unspecified atom stereocenters. The van der Waals surface area contributed by atoms with Crippen molar-refractivity contribution in [3.05, 3.63) is 80.6 Å². The summed E-state index contributed by atoms with van der Waals surface area (Å²) in [5, 5.41) is 20.0. The molecule has 0 amide bonds. The molecule has 0 atom stereocenters. The van der Waals surface area contributed by atoms with Gasteiger partial charge < -0.3 is 0 Å². The Morgan fingerprint density at radius 1 is 0.737 bits per heavy atom. The van der Waals surface area contributed by atoms with Gasteiger partial charge in [0.1, 0.15) is 5.82 Å². The number of benzene rings is 2. The van der Waals surface area contributed by atoms with E-state index >= 15 is 0 Å². The maximum absolute atomic E-state index is 12.1. The van der Waals surface area contributed by atoms with Gasteiger partial charge in [0.05, 0.1) is 9.85 Å². The largest absolute Gasteiger partial charge is 0.269 e. The minimum absolute atomic E-state index is 0.0959. The molecule has 0 aliphatic carbocycles. The van der Waals surface area contributed by atoms with Crippen LogP contribution < -0.4 is 0 Å². The molecular weight excluding hydrogens is 255 g/mol. The molecule has 0 fully saturated rings. The zero-order valence-electron chi connectivity index (χ0n) is 9.60. The van der Waals surface area contributed by atoms with Gasteiger partial charge in [0, 0.05) is 24.3 Å². The molecule has 2 aromatic carbocycles. The molecule has 2 rings (SSSR count). The van der Waals surface area contributed by atoms with E-state index in [4.69, 9.17) is 0 Å². The second kappa shape index (κ2) is 6.80. The third kappa shape index (κ3) is 4.90. The van der Waals surface area contributed by atoms with Gasteiger partial charge in [-0.3, -0.25) is 20.2 Å². The van der Waals surface area contributed by atoms with Gasteiger partial charge in [-0.25, -0.2) is 4.39 Å². The van der Waals surface area contributed by atoms with Crippen molar-refractivity contribution >= 4 is 11.4 Å². The molecule has 0 saturated carbocycles. The first-order valence-electron chi connectivity index (χ1n) is 5.10. The monoisotopic (exact) mass is 264 g/mol. The van der Waals surface area contributed by atoms with Gasteiger partial charge in [0.2, 0.25) is 0 Å². The predicted molar refractivity (Wildman–Crippen MR) is 66.2 cm³/mol. The van der Waals surface area contributed by atoms with Gasteiger partial charge >= 0.3 is 0 Å². The summed E-state index contributed by atoms with van der Waals surface area (Å²) in [7, 11) is 0. The fraction of sp³-hybridized carbons (Fsp3) is 0. The molecular formula is C12H9FN2O4. The molecule has 0 radical (unpaired) electrons. The average molecular weight is 264 g/mol. The van der Waals surface area contributed by atoms with Crippen molar-refractivity contribution in [2.75, 3.05) is 0 Å². The number of hydrogen-bond donors (Lipinski definition) is 0. The maximum atomic E-state index is 12.1. The Balaban J connectivity index is 0.000000191. The second-order valence-electron chi connectivity index (χ2n) is 3.33. The second-order valence-corrected chi connectivity index (χ2v) is 3.33. The van der Waals surface area contributed by atoms with Crippen molar-refractivity contribution in [3.8, 4) is 0 Å².